The molecule has 16 nitrogen and oxygen atoms in total. The number of ether oxygens (including phenoxy) is 2. The number of alkyl halides is 4. The van der Waals surface area contributed by atoms with Crippen LogP contribution in [0.25, 0.3) is 11.4 Å². The number of carbonyl (C=O) groups is 2. The van der Waals surface area contributed by atoms with Crippen molar-refractivity contribution in [3.05, 3.63) is 104 Å². The predicted molar refractivity (Wildman–Crippen MR) is 165 cm³/mol. The van der Waals surface area contributed by atoms with Gasteiger partial charge in [-0.2, -0.15) is 27.0 Å². The Morgan fingerprint density at radius 2 is 1.12 bits per heavy atom. The molecule has 0 aliphatic carbocycles. The first-order valence-electron chi connectivity index (χ1n) is 14.8. The van der Waals surface area contributed by atoms with Crippen molar-refractivity contribution in [1.29, 1.82) is 0 Å². The highest BCUT2D eigenvalue weighted by Gasteiger charge is 2.40. The number of esters is 2. The maximum Gasteiger partial charge on any atom is 0.347 e. The highest BCUT2D eigenvalue weighted by molar-refractivity contribution is 5.70. The van der Waals surface area contributed by atoms with Gasteiger partial charge in [0.25, 0.3) is 22.5 Å². The molecule has 0 aliphatic heterocycles. The zero-order chi connectivity index (χ0) is 36.6. The van der Waals surface area contributed by atoms with Crippen molar-refractivity contribution in [2.45, 2.75) is 38.8 Å². The molecule has 0 fully saturated rings. The normalized spacial score (nSPS) is 11.6. The highest BCUT2D eigenvalue weighted by atomic mass is 19.3. The van der Waals surface area contributed by atoms with E-state index in [0.717, 1.165) is 46.1 Å². The Labute approximate surface area is 279 Å². The number of anilines is 2. The Morgan fingerprint density at radius 1 is 0.740 bits per heavy atom. The van der Waals surface area contributed by atoms with Crippen molar-refractivity contribution >= 4 is 23.6 Å². The fourth-order valence-corrected chi connectivity index (χ4v) is 4.48. The summed E-state index contributed by atoms with van der Waals surface area (Å²) in [6, 6.07) is 6.64. The Balaban J connectivity index is 1.81. The Bertz CT molecular complexity index is 1850. The molecule has 2 N–H and O–H groups in total. The zero-order valence-electron chi connectivity index (χ0n) is 26.5. The van der Waals surface area contributed by atoms with Crippen molar-refractivity contribution in [2.24, 2.45) is 0 Å². The first-order valence-corrected chi connectivity index (χ1v) is 14.8. The van der Waals surface area contributed by atoms with Gasteiger partial charge in [-0.3, -0.25) is 28.3 Å². The third-order valence-corrected chi connectivity index (χ3v) is 6.77. The molecule has 4 aromatic heterocycles. The fraction of sp³-hybridized carbons (Fsp3) is 0.333. The van der Waals surface area contributed by atoms with Gasteiger partial charge in [-0.1, -0.05) is 0 Å². The van der Waals surface area contributed by atoms with Gasteiger partial charge in [-0.15, -0.1) is 0 Å². The SMILES string of the molecule is CCOC(=O)Cn1cc(-c2cn(CC(=O)OCC)c(=O)c(NCC(F)(F)c3cccc[n+]3[O-])n2)nc(NCC(F)(F)c2cccc[n+]2[O-])c1=O. The molecule has 0 aliphatic rings. The number of hydrogen-bond donors (Lipinski definition) is 2. The average Bonchev–Trinajstić information content (AvgIpc) is 3.06. The van der Waals surface area contributed by atoms with E-state index in [1.807, 2.05) is 0 Å². The maximum atomic E-state index is 15.1. The number of halogens is 4. The first kappa shape index (κ1) is 36.8. The summed E-state index contributed by atoms with van der Waals surface area (Å²) in [6.07, 6.45) is 3.64. The van der Waals surface area contributed by atoms with Crippen LogP contribution in [-0.2, 0) is 44.0 Å². The number of aromatic nitrogens is 6. The van der Waals surface area contributed by atoms with Gasteiger partial charge in [0.05, 0.1) is 26.3 Å². The van der Waals surface area contributed by atoms with E-state index in [-0.39, 0.29) is 34.1 Å². The lowest BCUT2D eigenvalue weighted by atomic mass is 10.2. The summed E-state index contributed by atoms with van der Waals surface area (Å²) in [7, 11) is 0. The number of carbonyl (C=O) groups excluding carboxylic acids is 2. The lowest BCUT2D eigenvalue weighted by Gasteiger charge is -2.18. The van der Waals surface area contributed by atoms with E-state index >= 15 is 17.6 Å². The van der Waals surface area contributed by atoms with E-state index in [0.29, 0.717) is 0 Å². The van der Waals surface area contributed by atoms with Crippen LogP contribution in [0.5, 0.6) is 0 Å². The fourth-order valence-electron chi connectivity index (χ4n) is 4.48. The smallest absolute Gasteiger partial charge is 0.347 e. The summed E-state index contributed by atoms with van der Waals surface area (Å²) in [5.74, 6) is -11.0. The summed E-state index contributed by atoms with van der Waals surface area (Å²) < 4.78 is 71.3. The summed E-state index contributed by atoms with van der Waals surface area (Å²) in [6.45, 7) is -1.24. The molecule has 0 bridgehead atoms. The van der Waals surface area contributed by atoms with E-state index in [4.69, 9.17) is 9.47 Å². The molecule has 0 atom stereocenters. The second-order valence-electron chi connectivity index (χ2n) is 10.4. The van der Waals surface area contributed by atoms with Crippen molar-refractivity contribution < 1.29 is 46.1 Å². The van der Waals surface area contributed by atoms with Gasteiger partial charge >= 0.3 is 23.8 Å². The van der Waals surface area contributed by atoms with Gasteiger partial charge in [0.15, 0.2) is 24.0 Å². The number of nitrogens with zero attached hydrogens (tertiary/aromatic N) is 6. The minimum atomic E-state index is -3.84. The first-order chi connectivity index (χ1) is 23.7. The van der Waals surface area contributed by atoms with E-state index < -0.39 is 84.1 Å². The molecule has 0 amide bonds. The molecular weight excluding hydrogens is 676 g/mol. The summed E-state index contributed by atoms with van der Waals surface area (Å²) in [5, 5.41) is 28.3. The van der Waals surface area contributed by atoms with Crippen LogP contribution in [0.2, 0.25) is 0 Å². The molecular formula is C30H30F4N8O8. The van der Waals surface area contributed by atoms with Crippen molar-refractivity contribution in [3.8, 4) is 11.4 Å². The minimum Gasteiger partial charge on any atom is -0.618 e. The number of hydrogen-bond acceptors (Lipinski definition) is 12. The molecule has 0 unspecified atom stereocenters. The molecule has 50 heavy (non-hydrogen) atoms. The standard InChI is InChI=1S/C30H30F4N8O8/c1-3-49-23(43)15-39-13-19(37-25(27(39)45)35-17-29(31,32)21-9-5-7-11-41(21)47)20-14-40(16-24(44)50-4-2)28(46)26(38-20)36-18-30(33,34)22-10-6-8-12-42(22)48/h5-14H,3-4,15-18H2,1-2H3,(H,35,37)(H,36,38). The quantitative estimate of drug-likeness (QED) is 0.0778. The van der Waals surface area contributed by atoms with Crippen molar-refractivity contribution in [1.82, 2.24) is 19.1 Å². The van der Waals surface area contributed by atoms with Crippen LogP contribution in [0.4, 0.5) is 29.2 Å². The van der Waals surface area contributed by atoms with E-state index in [9.17, 15) is 29.6 Å². The van der Waals surface area contributed by atoms with Crippen LogP contribution < -0.4 is 31.2 Å². The van der Waals surface area contributed by atoms with Gasteiger partial charge in [0.2, 0.25) is 0 Å². The maximum absolute atomic E-state index is 15.1. The molecule has 0 saturated carbocycles. The molecule has 266 valence electrons. The van der Waals surface area contributed by atoms with Crippen LogP contribution >= 0.6 is 0 Å². The topological polar surface area (TPSA) is 200 Å². The molecule has 4 aromatic rings. The number of rotatable bonds is 15. The van der Waals surface area contributed by atoms with Crippen molar-refractivity contribution in [3.63, 3.8) is 0 Å². The molecule has 0 saturated heterocycles. The monoisotopic (exact) mass is 706 g/mol. The Hall–Kier alpha value is -6.08. The third-order valence-electron chi connectivity index (χ3n) is 6.77. The zero-order valence-corrected chi connectivity index (χ0v) is 26.5. The third kappa shape index (κ3) is 8.68. The highest BCUT2D eigenvalue weighted by Crippen LogP contribution is 2.27. The van der Waals surface area contributed by atoms with Crippen LogP contribution in [0, 0.1) is 10.4 Å². The van der Waals surface area contributed by atoms with Gasteiger partial charge in [0.1, 0.15) is 24.5 Å². The number of pyridine rings is 2. The minimum absolute atomic E-state index is 0.0618. The average molecular weight is 707 g/mol. The largest absolute Gasteiger partial charge is 0.618 e. The predicted octanol–water partition coefficient (Wildman–Crippen LogP) is 1.27. The van der Waals surface area contributed by atoms with Gasteiger partial charge in [-0.05, 0) is 26.0 Å². The van der Waals surface area contributed by atoms with E-state index in [2.05, 4.69) is 20.6 Å². The van der Waals surface area contributed by atoms with E-state index in [1.165, 1.54) is 38.1 Å². The summed E-state index contributed by atoms with van der Waals surface area (Å²) in [5.41, 5.74) is -4.76. The summed E-state index contributed by atoms with van der Waals surface area (Å²) in [4.78, 5) is 59.2. The van der Waals surface area contributed by atoms with Crippen LogP contribution in [0.1, 0.15) is 25.2 Å². The second kappa shape index (κ2) is 15.4. The lowest BCUT2D eigenvalue weighted by Crippen LogP contribution is -2.41. The second-order valence-corrected chi connectivity index (χ2v) is 10.4. The van der Waals surface area contributed by atoms with Gasteiger partial charge in [-0.25, -0.2) is 9.97 Å². The molecule has 0 aromatic carbocycles. The van der Waals surface area contributed by atoms with Gasteiger partial charge in [0, 0.05) is 36.7 Å². The Kier molecular flexibility index (Phi) is 11.3. The lowest BCUT2D eigenvalue weighted by molar-refractivity contribution is -0.624. The molecule has 4 rings (SSSR count). The van der Waals surface area contributed by atoms with Crippen LogP contribution in [-0.4, -0.2) is 57.3 Å². The molecule has 0 radical (unpaired) electrons. The van der Waals surface area contributed by atoms with Gasteiger partial charge < -0.3 is 30.5 Å². The Morgan fingerprint density at radius 3 is 1.46 bits per heavy atom. The van der Waals surface area contributed by atoms with Crippen LogP contribution in [0.15, 0.2) is 70.8 Å². The number of nitrogens with one attached hydrogen (secondary N) is 2. The van der Waals surface area contributed by atoms with Crippen LogP contribution in [0.3, 0.4) is 0 Å². The summed E-state index contributed by atoms with van der Waals surface area (Å²) >= 11 is 0. The van der Waals surface area contributed by atoms with Crippen molar-refractivity contribution in [2.75, 3.05) is 36.9 Å². The van der Waals surface area contributed by atoms with E-state index in [1.54, 1.807) is 0 Å². The molecule has 20 heteroatoms. The molecule has 0 spiro atoms. The molecule has 4 heterocycles.